The molecular formula is C11H14FNO4. The van der Waals surface area contributed by atoms with Gasteiger partial charge in [0.15, 0.2) is 0 Å². The highest BCUT2D eigenvalue weighted by Gasteiger charge is 2.10. The third-order valence-corrected chi connectivity index (χ3v) is 2.01. The van der Waals surface area contributed by atoms with Crippen molar-refractivity contribution in [3.05, 3.63) is 29.6 Å². The summed E-state index contributed by atoms with van der Waals surface area (Å²) in [4.78, 5) is 10.8. The monoisotopic (exact) mass is 243 g/mol. The summed E-state index contributed by atoms with van der Waals surface area (Å²) >= 11 is 0. The van der Waals surface area contributed by atoms with Gasteiger partial charge in [-0.2, -0.15) is 0 Å². The van der Waals surface area contributed by atoms with Crippen molar-refractivity contribution in [3.8, 4) is 0 Å². The molecule has 0 aliphatic rings. The first-order valence-corrected chi connectivity index (χ1v) is 5.10. The molecule has 0 radical (unpaired) electrons. The predicted octanol–water partition coefficient (Wildman–Crippen LogP) is 0.945. The molecule has 0 unspecified atom stereocenters. The summed E-state index contributed by atoms with van der Waals surface area (Å²) in [7, 11) is 0. The number of ether oxygens (including phenoxy) is 1. The van der Waals surface area contributed by atoms with E-state index in [0.29, 0.717) is 18.8 Å². The molecule has 0 aromatic heterocycles. The lowest BCUT2D eigenvalue weighted by molar-refractivity contribution is 0.0697. The number of aromatic carboxylic acids is 1. The molecule has 0 amide bonds. The summed E-state index contributed by atoms with van der Waals surface area (Å²) in [6, 6.07) is 3.51. The first-order chi connectivity index (χ1) is 8.15. The number of hydrogen-bond acceptors (Lipinski definition) is 4. The molecule has 0 bridgehead atoms. The van der Waals surface area contributed by atoms with Crippen LogP contribution in [0.3, 0.4) is 0 Å². The standard InChI is InChI=1S/C11H14FNO4/c12-8-1-2-10(9(7-8)11(15)16)13-3-5-17-6-4-14/h1-2,7,13-14H,3-6H2,(H,15,16). The highest BCUT2D eigenvalue weighted by atomic mass is 19.1. The largest absolute Gasteiger partial charge is 0.478 e. The molecule has 1 rings (SSSR count). The van der Waals surface area contributed by atoms with Crippen molar-refractivity contribution >= 4 is 11.7 Å². The van der Waals surface area contributed by atoms with Gasteiger partial charge in [-0.05, 0) is 18.2 Å². The lowest BCUT2D eigenvalue weighted by Crippen LogP contribution is -2.13. The van der Waals surface area contributed by atoms with E-state index < -0.39 is 11.8 Å². The number of halogens is 1. The zero-order valence-corrected chi connectivity index (χ0v) is 9.15. The minimum absolute atomic E-state index is 0.0586. The van der Waals surface area contributed by atoms with Crippen LogP contribution in [0.4, 0.5) is 10.1 Å². The maximum Gasteiger partial charge on any atom is 0.337 e. The van der Waals surface area contributed by atoms with Gasteiger partial charge in [-0.3, -0.25) is 0 Å². The maximum atomic E-state index is 12.9. The Morgan fingerprint density at radius 3 is 2.82 bits per heavy atom. The van der Waals surface area contributed by atoms with Crippen LogP contribution in [-0.2, 0) is 4.74 Å². The average molecular weight is 243 g/mol. The number of aliphatic hydroxyl groups is 1. The quantitative estimate of drug-likeness (QED) is 0.621. The Bertz CT molecular complexity index is 384. The van der Waals surface area contributed by atoms with Gasteiger partial charge in [-0.15, -0.1) is 0 Å². The maximum absolute atomic E-state index is 12.9. The van der Waals surface area contributed by atoms with Gasteiger partial charge in [-0.1, -0.05) is 0 Å². The minimum Gasteiger partial charge on any atom is -0.478 e. The van der Waals surface area contributed by atoms with Gasteiger partial charge in [0.25, 0.3) is 0 Å². The summed E-state index contributed by atoms with van der Waals surface area (Å²) in [5.74, 6) is -1.78. The van der Waals surface area contributed by atoms with Crippen molar-refractivity contribution in [1.82, 2.24) is 0 Å². The molecule has 0 aliphatic heterocycles. The van der Waals surface area contributed by atoms with Gasteiger partial charge >= 0.3 is 5.97 Å². The molecule has 0 fully saturated rings. The van der Waals surface area contributed by atoms with Crippen LogP contribution in [-0.4, -0.2) is 42.5 Å². The zero-order valence-electron chi connectivity index (χ0n) is 9.15. The van der Waals surface area contributed by atoms with Crippen molar-refractivity contribution in [2.45, 2.75) is 0 Å². The summed E-state index contributed by atoms with van der Waals surface area (Å²) in [5.41, 5.74) is 0.221. The molecule has 6 heteroatoms. The van der Waals surface area contributed by atoms with E-state index in [-0.39, 0.29) is 18.8 Å². The highest BCUT2D eigenvalue weighted by molar-refractivity contribution is 5.94. The molecule has 3 N–H and O–H groups in total. The van der Waals surface area contributed by atoms with Crippen LogP contribution in [0.15, 0.2) is 18.2 Å². The highest BCUT2D eigenvalue weighted by Crippen LogP contribution is 2.16. The molecule has 5 nitrogen and oxygen atoms in total. The lowest BCUT2D eigenvalue weighted by atomic mass is 10.1. The van der Waals surface area contributed by atoms with Gasteiger partial charge in [0, 0.05) is 12.2 Å². The molecule has 0 saturated carbocycles. The van der Waals surface area contributed by atoms with E-state index in [1.165, 1.54) is 12.1 Å². The van der Waals surface area contributed by atoms with Gasteiger partial charge in [0.2, 0.25) is 0 Å². The van der Waals surface area contributed by atoms with Crippen LogP contribution in [0.5, 0.6) is 0 Å². The number of carboxylic acid groups (broad SMARTS) is 1. The summed E-state index contributed by atoms with van der Waals surface area (Å²) < 4.78 is 17.8. The van der Waals surface area contributed by atoms with Gasteiger partial charge in [0.1, 0.15) is 5.82 Å². The van der Waals surface area contributed by atoms with Crippen LogP contribution in [0.25, 0.3) is 0 Å². The SMILES string of the molecule is O=C(O)c1cc(F)ccc1NCCOCCO. The van der Waals surface area contributed by atoms with Gasteiger partial charge in [0.05, 0.1) is 25.4 Å². The second-order valence-electron chi connectivity index (χ2n) is 3.26. The minimum atomic E-state index is -1.19. The molecule has 1 aromatic carbocycles. The van der Waals surface area contributed by atoms with Crippen LogP contribution in [0.1, 0.15) is 10.4 Å². The third-order valence-electron chi connectivity index (χ3n) is 2.01. The van der Waals surface area contributed by atoms with Crippen molar-refractivity contribution in [2.24, 2.45) is 0 Å². The molecular weight excluding hydrogens is 229 g/mol. The first-order valence-electron chi connectivity index (χ1n) is 5.10. The van der Waals surface area contributed by atoms with E-state index in [4.69, 9.17) is 14.9 Å². The summed E-state index contributed by atoms with van der Waals surface area (Å²) in [6.07, 6.45) is 0. The Labute approximate surface area is 97.8 Å². The molecule has 0 saturated heterocycles. The smallest absolute Gasteiger partial charge is 0.337 e. The van der Waals surface area contributed by atoms with Crippen molar-refractivity contribution in [3.63, 3.8) is 0 Å². The van der Waals surface area contributed by atoms with Crippen molar-refractivity contribution < 1.29 is 24.1 Å². The number of hydrogen-bond donors (Lipinski definition) is 3. The molecule has 0 spiro atoms. The fourth-order valence-corrected chi connectivity index (χ4v) is 1.27. The fraction of sp³-hybridized carbons (Fsp3) is 0.364. The van der Waals surface area contributed by atoms with Gasteiger partial charge < -0.3 is 20.3 Å². The van der Waals surface area contributed by atoms with Crippen LogP contribution < -0.4 is 5.32 Å². The van der Waals surface area contributed by atoms with E-state index in [9.17, 15) is 9.18 Å². The average Bonchev–Trinajstić information content (AvgIpc) is 2.30. The molecule has 94 valence electrons. The van der Waals surface area contributed by atoms with Crippen molar-refractivity contribution in [1.29, 1.82) is 0 Å². The molecule has 17 heavy (non-hydrogen) atoms. The van der Waals surface area contributed by atoms with E-state index in [1.807, 2.05) is 0 Å². The van der Waals surface area contributed by atoms with Gasteiger partial charge in [-0.25, -0.2) is 9.18 Å². The number of carboxylic acids is 1. The second kappa shape index (κ2) is 6.82. The Balaban J connectivity index is 2.55. The lowest BCUT2D eigenvalue weighted by Gasteiger charge is -2.09. The molecule has 0 heterocycles. The van der Waals surface area contributed by atoms with E-state index in [2.05, 4.69) is 5.32 Å². The number of carbonyl (C=O) groups is 1. The van der Waals surface area contributed by atoms with Crippen LogP contribution in [0, 0.1) is 5.82 Å². The predicted molar refractivity (Wildman–Crippen MR) is 59.8 cm³/mol. The third kappa shape index (κ3) is 4.38. The van der Waals surface area contributed by atoms with Crippen LogP contribution >= 0.6 is 0 Å². The van der Waals surface area contributed by atoms with E-state index in [1.54, 1.807) is 0 Å². The topological polar surface area (TPSA) is 78.8 Å². The summed E-state index contributed by atoms with van der Waals surface area (Å²) in [6.45, 7) is 0.886. The fourth-order valence-electron chi connectivity index (χ4n) is 1.27. The summed E-state index contributed by atoms with van der Waals surface area (Å²) in [5, 5.41) is 20.2. The molecule has 0 atom stereocenters. The first kappa shape index (κ1) is 13.4. The molecule has 0 aliphatic carbocycles. The Kier molecular flexibility index (Phi) is 5.38. The number of anilines is 1. The second-order valence-corrected chi connectivity index (χ2v) is 3.26. The number of benzene rings is 1. The van der Waals surface area contributed by atoms with Crippen molar-refractivity contribution in [2.75, 3.05) is 31.7 Å². The Hall–Kier alpha value is -1.66. The number of nitrogens with one attached hydrogen (secondary N) is 1. The normalized spacial score (nSPS) is 10.2. The van der Waals surface area contributed by atoms with Crippen LogP contribution in [0.2, 0.25) is 0 Å². The number of rotatable bonds is 7. The Morgan fingerprint density at radius 2 is 2.18 bits per heavy atom. The number of aliphatic hydroxyl groups excluding tert-OH is 1. The zero-order chi connectivity index (χ0) is 12.7. The van der Waals surface area contributed by atoms with E-state index in [0.717, 1.165) is 6.07 Å². The molecule has 1 aromatic rings. The van der Waals surface area contributed by atoms with E-state index >= 15 is 0 Å². The Morgan fingerprint density at radius 1 is 1.41 bits per heavy atom.